The van der Waals surface area contributed by atoms with E-state index < -0.39 is 0 Å². The van der Waals surface area contributed by atoms with Crippen LogP contribution in [0.5, 0.6) is 5.88 Å². The van der Waals surface area contributed by atoms with Crippen LogP contribution in [0.15, 0.2) is 30.3 Å². The summed E-state index contributed by atoms with van der Waals surface area (Å²) in [5.41, 5.74) is 6.63. The summed E-state index contributed by atoms with van der Waals surface area (Å²) in [5, 5.41) is 3.83. The summed E-state index contributed by atoms with van der Waals surface area (Å²) >= 11 is 5.92. The van der Waals surface area contributed by atoms with E-state index in [1.807, 2.05) is 24.3 Å². The van der Waals surface area contributed by atoms with Gasteiger partial charge in [0, 0.05) is 17.6 Å². The lowest BCUT2D eigenvalue weighted by Gasteiger charge is -2.09. The molecule has 0 bridgehead atoms. The summed E-state index contributed by atoms with van der Waals surface area (Å²) in [6.07, 6.45) is 1.00. The van der Waals surface area contributed by atoms with Crippen molar-refractivity contribution in [3.8, 4) is 5.88 Å². The number of hydrogen-bond donors (Lipinski definition) is 2. The predicted molar refractivity (Wildman–Crippen MR) is 81.0 cm³/mol. The van der Waals surface area contributed by atoms with E-state index >= 15 is 0 Å². The molecule has 0 amide bonds. The van der Waals surface area contributed by atoms with Gasteiger partial charge in [-0.05, 0) is 24.1 Å². The number of halogens is 1. The quantitative estimate of drug-likeness (QED) is 0.856. The molecular formula is C14H17ClN4O. The van der Waals surface area contributed by atoms with Crippen molar-refractivity contribution in [1.82, 2.24) is 9.97 Å². The van der Waals surface area contributed by atoms with Crippen molar-refractivity contribution in [1.29, 1.82) is 0 Å². The van der Waals surface area contributed by atoms with E-state index in [1.54, 1.807) is 6.07 Å². The lowest BCUT2D eigenvalue weighted by Crippen LogP contribution is -2.07. The molecule has 106 valence electrons. The zero-order chi connectivity index (χ0) is 14.4. The predicted octanol–water partition coefficient (Wildman–Crippen LogP) is 3.11. The molecule has 0 atom stereocenters. The fourth-order valence-corrected chi connectivity index (χ4v) is 1.86. The van der Waals surface area contributed by atoms with Crippen molar-refractivity contribution < 1.29 is 4.74 Å². The Morgan fingerprint density at radius 1 is 1.30 bits per heavy atom. The first kappa shape index (κ1) is 14.4. The summed E-state index contributed by atoms with van der Waals surface area (Å²) in [6.45, 7) is 3.28. The minimum absolute atomic E-state index is 0.187. The molecule has 0 aliphatic heterocycles. The minimum Gasteiger partial charge on any atom is -0.473 e. The summed E-state index contributed by atoms with van der Waals surface area (Å²) in [7, 11) is 0. The number of nitrogens with zero attached hydrogens (tertiary/aromatic N) is 2. The molecule has 1 heterocycles. The van der Waals surface area contributed by atoms with Gasteiger partial charge in [-0.1, -0.05) is 30.7 Å². The molecule has 0 aliphatic rings. The second kappa shape index (κ2) is 6.96. The minimum atomic E-state index is 0.187. The summed E-state index contributed by atoms with van der Waals surface area (Å²) in [5.74, 6) is 1.30. The van der Waals surface area contributed by atoms with Gasteiger partial charge in [0.2, 0.25) is 11.8 Å². The zero-order valence-electron chi connectivity index (χ0n) is 11.3. The van der Waals surface area contributed by atoms with E-state index in [0.717, 1.165) is 18.5 Å². The molecule has 6 heteroatoms. The lowest BCUT2D eigenvalue weighted by molar-refractivity contribution is 0.294. The van der Waals surface area contributed by atoms with E-state index in [1.165, 1.54) is 0 Å². The zero-order valence-corrected chi connectivity index (χ0v) is 12.0. The second-order valence-corrected chi connectivity index (χ2v) is 4.73. The van der Waals surface area contributed by atoms with Crippen molar-refractivity contribution in [3.63, 3.8) is 0 Å². The van der Waals surface area contributed by atoms with E-state index in [2.05, 4.69) is 22.2 Å². The molecule has 2 rings (SSSR count). The van der Waals surface area contributed by atoms with Crippen LogP contribution < -0.4 is 15.8 Å². The number of nitrogens with one attached hydrogen (secondary N) is 1. The van der Waals surface area contributed by atoms with Crippen LogP contribution in [0.1, 0.15) is 18.9 Å². The van der Waals surface area contributed by atoms with Crippen LogP contribution in [0.4, 0.5) is 11.8 Å². The smallest absolute Gasteiger partial charge is 0.225 e. The highest BCUT2D eigenvalue weighted by Gasteiger charge is 2.04. The summed E-state index contributed by atoms with van der Waals surface area (Å²) < 4.78 is 5.62. The van der Waals surface area contributed by atoms with Gasteiger partial charge in [0.05, 0.1) is 0 Å². The van der Waals surface area contributed by atoms with Gasteiger partial charge in [-0.2, -0.15) is 9.97 Å². The first-order valence-corrected chi connectivity index (χ1v) is 6.81. The monoisotopic (exact) mass is 292 g/mol. The number of ether oxygens (including phenoxy) is 1. The Kier molecular flexibility index (Phi) is 5.01. The van der Waals surface area contributed by atoms with Gasteiger partial charge in [-0.3, -0.25) is 0 Å². The van der Waals surface area contributed by atoms with Crippen molar-refractivity contribution >= 4 is 23.4 Å². The molecule has 0 spiro atoms. The Bertz CT molecular complexity index is 577. The van der Waals surface area contributed by atoms with Crippen LogP contribution >= 0.6 is 11.6 Å². The molecule has 2 aromatic rings. The number of anilines is 2. The topological polar surface area (TPSA) is 73.1 Å². The molecule has 0 aliphatic carbocycles. The Labute approximate surface area is 123 Å². The molecular weight excluding hydrogens is 276 g/mol. The van der Waals surface area contributed by atoms with Crippen molar-refractivity contribution in [3.05, 3.63) is 40.9 Å². The molecule has 3 N–H and O–H groups in total. The maximum Gasteiger partial charge on any atom is 0.225 e. The van der Waals surface area contributed by atoms with Crippen molar-refractivity contribution in [2.24, 2.45) is 0 Å². The fraction of sp³-hybridized carbons (Fsp3) is 0.286. The van der Waals surface area contributed by atoms with E-state index in [0.29, 0.717) is 23.3 Å². The van der Waals surface area contributed by atoms with Crippen LogP contribution in [0.2, 0.25) is 5.02 Å². The average Bonchev–Trinajstić information content (AvgIpc) is 2.42. The first-order chi connectivity index (χ1) is 9.67. The van der Waals surface area contributed by atoms with Gasteiger partial charge < -0.3 is 15.8 Å². The number of benzene rings is 1. The summed E-state index contributed by atoms with van der Waals surface area (Å²) in [4.78, 5) is 8.15. The molecule has 0 radical (unpaired) electrons. The third-order valence-corrected chi connectivity index (χ3v) is 2.79. The third kappa shape index (κ3) is 4.28. The highest BCUT2D eigenvalue weighted by Crippen LogP contribution is 2.17. The lowest BCUT2D eigenvalue weighted by atomic mass is 10.2. The van der Waals surface area contributed by atoms with Gasteiger partial charge in [-0.15, -0.1) is 0 Å². The first-order valence-electron chi connectivity index (χ1n) is 6.43. The Morgan fingerprint density at radius 2 is 2.15 bits per heavy atom. The Balaban J connectivity index is 2.03. The van der Waals surface area contributed by atoms with Gasteiger partial charge in [0.1, 0.15) is 12.4 Å². The van der Waals surface area contributed by atoms with E-state index in [-0.39, 0.29) is 5.95 Å². The van der Waals surface area contributed by atoms with Crippen molar-refractivity contribution in [2.45, 2.75) is 20.0 Å². The molecule has 5 nitrogen and oxygen atoms in total. The molecule has 0 saturated heterocycles. The van der Waals surface area contributed by atoms with Crippen molar-refractivity contribution in [2.75, 3.05) is 17.6 Å². The van der Waals surface area contributed by atoms with Crippen LogP contribution in [0, 0.1) is 0 Å². The molecule has 1 aromatic heterocycles. The third-order valence-electron chi connectivity index (χ3n) is 2.55. The number of nitrogen functional groups attached to an aromatic ring is 1. The van der Waals surface area contributed by atoms with Crippen LogP contribution in [-0.2, 0) is 6.61 Å². The van der Waals surface area contributed by atoms with Crippen LogP contribution in [-0.4, -0.2) is 16.5 Å². The standard InChI is InChI=1S/C14H17ClN4O/c1-2-6-17-12-8-13(19-14(16)18-12)20-9-10-4-3-5-11(15)7-10/h3-5,7-8H,2,6,9H2,1H3,(H3,16,17,18,19). The largest absolute Gasteiger partial charge is 0.473 e. The molecule has 0 fully saturated rings. The van der Waals surface area contributed by atoms with Gasteiger partial charge in [0.25, 0.3) is 0 Å². The number of nitrogens with two attached hydrogens (primary N) is 1. The molecule has 0 saturated carbocycles. The maximum atomic E-state index is 5.92. The van der Waals surface area contributed by atoms with Gasteiger partial charge in [0.15, 0.2) is 0 Å². The average molecular weight is 293 g/mol. The Morgan fingerprint density at radius 3 is 2.90 bits per heavy atom. The van der Waals surface area contributed by atoms with E-state index in [9.17, 15) is 0 Å². The summed E-state index contributed by atoms with van der Waals surface area (Å²) in [6, 6.07) is 9.22. The highest BCUT2D eigenvalue weighted by molar-refractivity contribution is 6.30. The second-order valence-electron chi connectivity index (χ2n) is 4.29. The normalized spacial score (nSPS) is 10.3. The highest BCUT2D eigenvalue weighted by atomic mass is 35.5. The van der Waals surface area contributed by atoms with Crippen LogP contribution in [0.3, 0.4) is 0 Å². The SMILES string of the molecule is CCCNc1cc(OCc2cccc(Cl)c2)nc(N)n1. The number of rotatable bonds is 6. The molecule has 0 unspecified atom stereocenters. The fourth-order valence-electron chi connectivity index (χ4n) is 1.64. The number of aromatic nitrogens is 2. The molecule has 20 heavy (non-hydrogen) atoms. The molecule has 1 aromatic carbocycles. The number of hydrogen-bond acceptors (Lipinski definition) is 5. The maximum absolute atomic E-state index is 5.92. The van der Waals surface area contributed by atoms with Crippen LogP contribution in [0.25, 0.3) is 0 Å². The van der Waals surface area contributed by atoms with Gasteiger partial charge in [-0.25, -0.2) is 0 Å². The van der Waals surface area contributed by atoms with Gasteiger partial charge >= 0.3 is 0 Å². The Hall–Kier alpha value is -2.01. The van der Waals surface area contributed by atoms with E-state index in [4.69, 9.17) is 22.1 Å².